The highest BCUT2D eigenvalue weighted by molar-refractivity contribution is 5.22. The van der Waals surface area contributed by atoms with Crippen LogP contribution in [0.2, 0.25) is 0 Å². The Bertz CT molecular complexity index is 412. The van der Waals surface area contributed by atoms with Gasteiger partial charge in [-0.1, -0.05) is 37.6 Å². The highest BCUT2D eigenvalue weighted by Gasteiger charge is 2.18. The zero-order valence-corrected chi connectivity index (χ0v) is 12.7. The van der Waals surface area contributed by atoms with Crippen LogP contribution in [0.5, 0.6) is 0 Å². The van der Waals surface area contributed by atoms with E-state index < -0.39 is 0 Å². The van der Waals surface area contributed by atoms with Crippen molar-refractivity contribution in [3.8, 4) is 6.07 Å². The Morgan fingerprint density at radius 2 is 1.63 bits per heavy atom. The maximum absolute atomic E-state index is 9.03. The molecule has 0 aliphatic heterocycles. The predicted molar refractivity (Wildman–Crippen MR) is 81.0 cm³/mol. The maximum Gasteiger partial charge on any atom is 0.0697 e. The number of likely N-dealkylation sites (N-methyl/N-ethyl adjacent to an activating group) is 1. The van der Waals surface area contributed by atoms with Crippen LogP contribution in [-0.2, 0) is 12.8 Å². The standard InChI is InChI=1S/C17H26N2/c1-5-6-15-7-9-16(10-8-15)11-12-19(4)14-17(2,3)13-18/h7-10H,5-6,11-12,14H2,1-4H3. The van der Waals surface area contributed by atoms with Gasteiger partial charge in [0.2, 0.25) is 0 Å². The number of hydrogen-bond acceptors (Lipinski definition) is 2. The van der Waals surface area contributed by atoms with Gasteiger partial charge in [0.15, 0.2) is 0 Å². The molecule has 1 aromatic rings. The van der Waals surface area contributed by atoms with Gasteiger partial charge < -0.3 is 4.90 Å². The van der Waals surface area contributed by atoms with Gasteiger partial charge >= 0.3 is 0 Å². The molecule has 2 nitrogen and oxygen atoms in total. The lowest BCUT2D eigenvalue weighted by Gasteiger charge is -2.24. The largest absolute Gasteiger partial charge is 0.304 e. The van der Waals surface area contributed by atoms with E-state index in [9.17, 15) is 0 Å². The maximum atomic E-state index is 9.03. The molecule has 0 spiro atoms. The molecule has 0 bridgehead atoms. The molecule has 0 aromatic heterocycles. The fourth-order valence-corrected chi connectivity index (χ4v) is 2.27. The van der Waals surface area contributed by atoms with Gasteiger partial charge in [0.05, 0.1) is 11.5 Å². The summed E-state index contributed by atoms with van der Waals surface area (Å²) < 4.78 is 0. The van der Waals surface area contributed by atoms with E-state index in [1.165, 1.54) is 17.5 Å². The third kappa shape index (κ3) is 5.89. The van der Waals surface area contributed by atoms with Crippen LogP contribution in [0.15, 0.2) is 24.3 Å². The quantitative estimate of drug-likeness (QED) is 0.746. The Balaban J connectivity index is 2.42. The SMILES string of the molecule is CCCc1ccc(CCN(C)CC(C)(C)C#N)cc1. The normalized spacial score (nSPS) is 11.6. The fourth-order valence-electron chi connectivity index (χ4n) is 2.27. The van der Waals surface area contributed by atoms with Crippen LogP contribution in [0.1, 0.15) is 38.3 Å². The van der Waals surface area contributed by atoms with Gasteiger partial charge in [-0.2, -0.15) is 5.26 Å². The topological polar surface area (TPSA) is 27.0 Å². The van der Waals surface area contributed by atoms with Gasteiger partial charge in [-0.05, 0) is 44.9 Å². The lowest BCUT2D eigenvalue weighted by Crippen LogP contribution is -2.31. The zero-order chi connectivity index (χ0) is 14.3. The Labute approximate surface area is 118 Å². The fraction of sp³-hybridized carbons (Fsp3) is 0.588. The lowest BCUT2D eigenvalue weighted by atomic mass is 9.95. The van der Waals surface area contributed by atoms with Crippen LogP contribution in [-0.4, -0.2) is 25.0 Å². The van der Waals surface area contributed by atoms with Crippen molar-refractivity contribution in [3.63, 3.8) is 0 Å². The van der Waals surface area contributed by atoms with Gasteiger partial charge in [-0.15, -0.1) is 0 Å². The lowest BCUT2D eigenvalue weighted by molar-refractivity contribution is 0.258. The summed E-state index contributed by atoms with van der Waals surface area (Å²) in [5.74, 6) is 0. The van der Waals surface area contributed by atoms with E-state index >= 15 is 0 Å². The molecule has 1 rings (SSSR count). The van der Waals surface area contributed by atoms with Crippen molar-refractivity contribution in [2.75, 3.05) is 20.1 Å². The second-order valence-electron chi connectivity index (χ2n) is 6.05. The molecule has 2 heteroatoms. The van der Waals surface area contributed by atoms with Crippen LogP contribution in [0.4, 0.5) is 0 Å². The first-order valence-electron chi connectivity index (χ1n) is 7.14. The third-order valence-electron chi connectivity index (χ3n) is 3.31. The zero-order valence-electron chi connectivity index (χ0n) is 12.7. The molecule has 0 N–H and O–H groups in total. The highest BCUT2D eigenvalue weighted by Crippen LogP contribution is 2.15. The van der Waals surface area contributed by atoms with E-state index in [2.05, 4.69) is 49.2 Å². The predicted octanol–water partition coefficient (Wildman–Crippen LogP) is 3.66. The van der Waals surface area contributed by atoms with Gasteiger partial charge in [-0.25, -0.2) is 0 Å². The molecular formula is C17H26N2. The van der Waals surface area contributed by atoms with E-state index in [1.807, 2.05) is 13.8 Å². The molecule has 19 heavy (non-hydrogen) atoms. The smallest absolute Gasteiger partial charge is 0.0697 e. The van der Waals surface area contributed by atoms with Crippen molar-refractivity contribution in [1.29, 1.82) is 5.26 Å². The second-order valence-corrected chi connectivity index (χ2v) is 6.05. The monoisotopic (exact) mass is 258 g/mol. The third-order valence-corrected chi connectivity index (χ3v) is 3.31. The number of nitriles is 1. The molecule has 1 aromatic carbocycles. The minimum Gasteiger partial charge on any atom is -0.304 e. The first-order chi connectivity index (χ1) is 8.96. The first kappa shape index (κ1) is 15.7. The average Bonchev–Trinajstić information content (AvgIpc) is 2.38. The van der Waals surface area contributed by atoms with Crippen molar-refractivity contribution < 1.29 is 0 Å². The van der Waals surface area contributed by atoms with Crippen molar-refractivity contribution in [3.05, 3.63) is 35.4 Å². The van der Waals surface area contributed by atoms with Crippen LogP contribution >= 0.6 is 0 Å². The molecule has 0 fully saturated rings. The van der Waals surface area contributed by atoms with Crippen molar-refractivity contribution in [2.24, 2.45) is 5.41 Å². The van der Waals surface area contributed by atoms with Crippen LogP contribution in [0, 0.1) is 16.7 Å². The molecule has 0 radical (unpaired) electrons. The Morgan fingerprint density at radius 3 is 2.11 bits per heavy atom. The summed E-state index contributed by atoms with van der Waals surface area (Å²) in [4.78, 5) is 2.24. The van der Waals surface area contributed by atoms with Gasteiger partial charge in [0, 0.05) is 13.1 Å². The summed E-state index contributed by atoms with van der Waals surface area (Å²) in [6.45, 7) is 8.00. The Morgan fingerprint density at radius 1 is 1.11 bits per heavy atom. The van der Waals surface area contributed by atoms with Crippen LogP contribution in [0.25, 0.3) is 0 Å². The first-order valence-corrected chi connectivity index (χ1v) is 7.14. The molecule has 0 aliphatic rings. The van der Waals surface area contributed by atoms with Gasteiger partial charge in [0.1, 0.15) is 0 Å². The number of nitrogens with zero attached hydrogens (tertiary/aromatic N) is 2. The minimum absolute atomic E-state index is 0.264. The van der Waals surface area contributed by atoms with Crippen molar-refractivity contribution in [1.82, 2.24) is 4.90 Å². The summed E-state index contributed by atoms with van der Waals surface area (Å²) in [5.41, 5.74) is 2.53. The van der Waals surface area contributed by atoms with Crippen LogP contribution < -0.4 is 0 Å². The summed E-state index contributed by atoms with van der Waals surface area (Å²) in [6.07, 6.45) is 3.41. The van der Waals surface area contributed by atoms with Gasteiger partial charge in [0.25, 0.3) is 0 Å². The molecule has 0 heterocycles. The number of aryl methyl sites for hydroxylation is 1. The Hall–Kier alpha value is -1.33. The number of rotatable bonds is 7. The van der Waals surface area contributed by atoms with E-state index in [4.69, 9.17) is 5.26 Å². The molecule has 0 saturated heterocycles. The molecule has 0 unspecified atom stereocenters. The number of hydrogen-bond donors (Lipinski definition) is 0. The molecule has 0 atom stereocenters. The summed E-state index contributed by atoms with van der Waals surface area (Å²) >= 11 is 0. The van der Waals surface area contributed by atoms with Crippen LogP contribution in [0.3, 0.4) is 0 Å². The Kier molecular flexibility index (Phi) is 6.05. The second kappa shape index (κ2) is 7.31. The molecule has 0 aliphatic carbocycles. The van der Waals surface area contributed by atoms with E-state index in [0.29, 0.717) is 0 Å². The minimum atomic E-state index is -0.264. The van der Waals surface area contributed by atoms with Crippen molar-refractivity contribution in [2.45, 2.75) is 40.0 Å². The van der Waals surface area contributed by atoms with Gasteiger partial charge in [-0.3, -0.25) is 0 Å². The van der Waals surface area contributed by atoms with Crippen molar-refractivity contribution >= 4 is 0 Å². The van der Waals surface area contributed by atoms with E-state index in [1.54, 1.807) is 0 Å². The summed E-state index contributed by atoms with van der Waals surface area (Å²) in [6, 6.07) is 11.3. The molecular weight excluding hydrogens is 232 g/mol. The highest BCUT2D eigenvalue weighted by atomic mass is 15.1. The van der Waals surface area contributed by atoms with E-state index in [0.717, 1.165) is 25.9 Å². The summed E-state index contributed by atoms with van der Waals surface area (Å²) in [7, 11) is 2.09. The molecule has 104 valence electrons. The van der Waals surface area contributed by atoms with E-state index in [-0.39, 0.29) is 5.41 Å². The summed E-state index contributed by atoms with van der Waals surface area (Å²) in [5, 5.41) is 9.03. The molecule has 0 amide bonds. The number of benzene rings is 1. The average molecular weight is 258 g/mol. The molecule has 0 saturated carbocycles.